The van der Waals surface area contributed by atoms with Gasteiger partial charge in [0.15, 0.2) is 5.78 Å². The summed E-state index contributed by atoms with van der Waals surface area (Å²) in [7, 11) is -3.94. The fraction of sp³-hybridized carbons (Fsp3) is 0.368. The number of ether oxygens (including phenoxy) is 1. The van der Waals surface area contributed by atoms with Gasteiger partial charge in [-0.3, -0.25) is 4.57 Å². The van der Waals surface area contributed by atoms with Crippen LogP contribution in [0.3, 0.4) is 0 Å². The van der Waals surface area contributed by atoms with Gasteiger partial charge >= 0.3 is 13.7 Å². The first kappa shape index (κ1) is 24.5. The summed E-state index contributed by atoms with van der Waals surface area (Å²) >= 11 is 4.80. The summed E-state index contributed by atoms with van der Waals surface area (Å²) in [5.41, 5.74) is -2.94. The van der Waals surface area contributed by atoms with Crippen molar-refractivity contribution in [2.24, 2.45) is 0 Å². The van der Waals surface area contributed by atoms with Crippen molar-refractivity contribution < 1.29 is 35.9 Å². The molecule has 0 saturated heterocycles. The third kappa shape index (κ3) is 6.11. The van der Waals surface area contributed by atoms with Crippen molar-refractivity contribution in [2.45, 2.75) is 31.4 Å². The van der Waals surface area contributed by atoms with Gasteiger partial charge in [-0.15, -0.1) is 0 Å². The maximum Gasteiger partial charge on any atom is 0.444 e. The Hall–Kier alpha value is -1.80. The summed E-state index contributed by atoms with van der Waals surface area (Å²) in [6.07, 6.45) is -4.27. The van der Waals surface area contributed by atoms with Gasteiger partial charge in [-0.1, -0.05) is 35.9 Å². The number of nitrogens with one attached hydrogen (secondary N) is 1. The number of hydrogen-bond acceptors (Lipinski definition) is 5. The van der Waals surface area contributed by atoms with E-state index in [0.717, 1.165) is 12.1 Å². The van der Waals surface area contributed by atoms with Gasteiger partial charge in [0.05, 0.1) is 13.2 Å². The maximum atomic E-state index is 14.5. The van der Waals surface area contributed by atoms with E-state index < -0.39 is 36.7 Å². The number of alkyl halides is 4. The maximum absolute atomic E-state index is 14.5. The van der Waals surface area contributed by atoms with Crippen molar-refractivity contribution in [3.05, 3.63) is 59.9 Å². The molecule has 2 aromatic rings. The Kier molecular flexibility index (Phi) is 8.55. The van der Waals surface area contributed by atoms with E-state index in [1.807, 2.05) is 0 Å². The second kappa shape index (κ2) is 10.5. The van der Waals surface area contributed by atoms with Gasteiger partial charge in [0.25, 0.3) is 5.63 Å². The second-order valence-corrected chi connectivity index (χ2v) is 8.43. The molecule has 0 fully saturated rings. The van der Waals surface area contributed by atoms with E-state index in [4.69, 9.17) is 20.6 Å². The van der Waals surface area contributed by atoms with Crippen molar-refractivity contribution in [1.82, 2.24) is 0 Å². The Morgan fingerprint density at radius 2 is 1.73 bits per heavy atom. The van der Waals surface area contributed by atoms with Crippen molar-refractivity contribution in [1.29, 1.82) is 0 Å². The van der Waals surface area contributed by atoms with E-state index in [2.05, 4.69) is 10.1 Å². The SMILES string of the molecule is CCOP(=O)(OCC)C(Nc1cccc(OC(F)(F)C(F)Cl)c1)c1ccccc1F. The third-order valence-corrected chi connectivity index (χ3v) is 6.31. The zero-order valence-electron chi connectivity index (χ0n) is 16.2. The van der Waals surface area contributed by atoms with Crippen LogP contribution in [-0.4, -0.2) is 25.0 Å². The van der Waals surface area contributed by atoms with E-state index in [9.17, 15) is 22.1 Å². The van der Waals surface area contributed by atoms with Gasteiger partial charge in [0.2, 0.25) is 0 Å². The topological polar surface area (TPSA) is 56.8 Å². The lowest BCUT2D eigenvalue weighted by Crippen LogP contribution is -2.32. The van der Waals surface area contributed by atoms with Crippen molar-refractivity contribution in [2.75, 3.05) is 18.5 Å². The molecule has 0 saturated carbocycles. The summed E-state index contributed by atoms with van der Waals surface area (Å²) in [5.74, 6) is -2.38. The number of anilines is 1. The van der Waals surface area contributed by atoms with Crippen LogP contribution < -0.4 is 10.1 Å². The van der Waals surface area contributed by atoms with E-state index >= 15 is 0 Å². The Labute approximate surface area is 176 Å². The minimum absolute atomic E-state index is 0.0102. The Morgan fingerprint density at radius 1 is 1.10 bits per heavy atom. The predicted molar refractivity (Wildman–Crippen MR) is 106 cm³/mol. The second-order valence-electron chi connectivity index (χ2n) is 5.94. The van der Waals surface area contributed by atoms with E-state index in [-0.39, 0.29) is 24.5 Å². The average molecular weight is 470 g/mol. The molecule has 166 valence electrons. The molecular formula is C19H21ClF4NO4P. The van der Waals surface area contributed by atoms with Crippen LogP contribution in [0.15, 0.2) is 48.5 Å². The van der Waals surface area contributed by atoms with Crippen molar-refractivity contribution >= 4 is 24.9 Å². The number of halogens is 5. The molecular weight excluding hydrogens is 449 g/mol. The summed E-state index contributed by atoms with van der Waals surface area (Å²) < 4.78 is 82.6. The van der Waals surface area contributed by atoms with Gasteiger partial charge in [0.1, 0.15) is 11.6 Å². The molecule has 0 aliphatic rings. The first-order chi connectivity index (χ1) is 14.1. The lowest BCUT2D eigenvalue weighted by atomic mass is 10.2. The van der Waals surface area contributed by atoms with E-state index in [0.29, 0.717) is 0 Å². The lowest BCUT2D eigenvalue weighted by Gasteiger charge is -2.28. The molecule has 0 aliphatic carbocycles. The van der Waals surface area contributed by atoms with E-state index in [1.165, 1.54) is 36.4 Å². The van der Waals surface area contributed by atoms with Crippen LogP contribution in [0.25, 0.3) is 0 Å². The molecule has 0 heterocycles. The molecule has 0 aliphatic heterocycles. The highest BCUT2D eigenvalue weighted by atomic mass is 35.5. The lowest BCUT2D eigenvalue weighted by molar-refractivity contribution is -0.199. The monoisotopic (exact) mass is 469 g/mol. The van der Waals surface area contributed by atoms with Crippen LogP contribution >= 0.6 is 19.2 Å². The fourth-order valence-electron chi connectivity index (χ4n) is 2.58. The van der Waals surface area contributed by atoms with Gasteiger partial charge in [0, 0.05) is 17.3 Å². The minimum Gasteiger partial charge on any atom is -0.429 e. The average Bonchev–Trinajstić information content (AvgIpc) is 2.67. The molecule has 2 atom stereocenters. The van der Waals surface area contributed by atoms with Gasteiger partial charge < -0.3 is 19.1 Å². The molecule has 2 aromatic carbocycles. The summed E-state index contributed by atoms with van der Waals surface area (Å²) in [6, 6.07) is 10.6. The van der Waals surface area contributed by atoms with Crippen LogP contribution in [0.1, 0.15) is 25.2 Å². The predicted octanol–water partition coefficient (Wildman–Crippen LogP) is 6.71. The van der Waals surface area contributed by atoms with Crippen molar-refractivity contribution in [3.63, 3.8) is 0 Å². The van der Waals surface area contributed by atoms with Crippen LogP contribution in [0.2, 0.25) is 0 Å². The van der Waals surface area contributed by atoms with E-state index in [1.54, 1.807) is 13.8 Å². The molecule has 0 spiro atoms. The van der Waals surface area contributed by atoms with Gasteiger partial charge in [-0.05, 0) is 32.0 Å². The molecule has 1 N–H and O–H groups in total. The number of rotatable bonds is 11. The highest BCUT2D eigenvalue weighted by molar-refractivity contribution is 7.54. The standard InChI is InChI=1S/C19H21ClF4NO4P/c1-3-27-30(26,28-4-2)17(15-10-5-6-11-16(15)21)25-13-8-7-9-14(12-13)29-19(23,24)18(20)22/h5-12,17-18,25H,3-4H2,1-2H3. The van der Waals surface area contributed by atoms with Gasteiger partial charge in [-0.25, -0.2) is 8.78 Å². The molecule has 0 radical (unpaired) electrons. The molecule has 0 amide bonds. The first-order valence-electron chi connectivity index (χ1n) is 8.97. The normalized spacial score (nSPS) is 14.2. The highest BCUT2D eigenvalue weighted by Gasteiger charge is 2.42. The Balaban J connectivity index is 2.43. The molecule has 5 nitrogen and oxygen atoms in total. The highest BCUT2D eigenvalue weighted by Crippen LogP contribution is 2.61. The zero-order chi connectivity index (χ0) is 22.4. The summed E-state index contributed by atoms with van der Waals surface area (Å²) in [6.45, 7) is 3.24. The molecule has 2 rings (SSSR count). The van der Waals surface area contributed by atoms with Crippen LogP contribution in [0.5, 0.6) is 5.75 Å². The Bertz CT molecular complexity index is 877. The number of benzene rings is 2. The molecule has 2 unspecified atom stereocenters. The number of hydrogen-bond donors (Lipinski definition) is 1. The van der Waals surface area contributed by atoms with Crippen LogP contribution in [0.4, 0.5) is 23.2 Å². The quantitative estimate of drug-likeness (QED) is 0.225. The fourth-order valence-corrected chi connectivity index (χ4v) is 4.57. The Morgan fingerprint density at radius 3 is 2.30 bits per heavy atom. The van der Waals surface area contributed by atoms with Crippen LogP contribution in [0, 0.1) is 5.82 Å². The van der Waals surface area contributed by atoms with Gasteiger partial charge in [-0.2, -0.15) is 8.78 Å². The molecule has 30 heavy (non-hydrogen) atoms. The first-order valence-corrected chi connectivity index (χ1v) is 11.0. The smallest absolute Gasteiger partial charge is 0.429 e. The minimum atomic E-state index is -4.27. The largest absolute Gasteiger partial charge is 0.444 e. The van der Waals surface area contributed by atoms with Crippen molar-refractivity contribution in [3.8, 4) is 5.75 Å². The molecule has 0 aromatic heterocycles. The summed E-state index contributed by atoms with van der Waals surface area (Å²) in [5, 5.41) is 2.80. The molecule has 11 heteroatoms. The molecule has 0 bridgehead atoms. The van der Waals surface area contributed by atoms with Crippen LogP contribution in [-0.2, 0) is 13.6 Å². The zero-order valence-corrected chi connectivity index (χ0v) is 17.8. The third-order valence-electron chi connectivity index (χ3n) is 3.78. The summed E-state index contributed by atoms with van der Waals surface area (Å²) in [4.78, 5) is 0.